The number of rotatable bonds is 2. The van der Waals surface area contributed by atoms with Crippen molar-refractivity contribution in [2.75, 3.05) is 7.05 Å². The maximum absolute atomic E-state index is 11.9. The van der Waals surface area contributed by atoms with E-state index in [-0.39, 0.29) is 24.0 Å². The second-order valence-electron chi connectivity index (χ2n) is 4.29. The summed E-state index contributed by atoms with van der Waals surface area (Å²) in [5.74, 6) is -0.845. The van der Waals surface area contributed by atoms with E-state index in [9.17, 15) is 14.4 Å². The van der Waals surface area contributed by atoms with E-state index >= 15 is 0 Å². The van der Waals surface area contributed by atoms with Crippen molar-refractivity contribution in [2.45, 2.75) is 18.7 Å². The molecule has 0 aromatic heterocycles. The number of halogens is 1. The van der Waals surface area contributed by atoms with E-state index < -0.39 is 5.38 Å². The summed E-state index contributed by atoms with van der Waals surface area (Å²) in [5.41, 5.74) is 1.45. The molecule has 0 spiro atoms. The van der Waals surface area contributed by atoms with Gasteiger partial charge in [-0.15, -0.1) is 11.6 Å². The van der Waals surface area contributed by atoms with Gasteiger partial charge in [0.15, 0.2) is 5.78 Å². The molecule has 0 aliphatic carbocycles. The Morgan fingerprint density at radius 2 is 2.06 bits per heavy atom. The second kappa shape index (κ2) is 4.53. The van der Waals surface area contributed by atoms with E-state index in [1.54, 1.807) is 19.1 Å². The molecule has 5 heteroatoms. The Labute approximate surface area is 110 Å². The summed E-state index contributed by atoms with van der Waals surface area (Å²) >= 11 is 5.74. The van der Waals surface area contributed by atoms with Crippen LogP contribution in [0.4, 0.5) is 0 Å². The summed E-state index contributed by atoms with van der Waals surface area (Å²) in [6.45, 7) is 1.58. The van der Waals surface area contributed by atoms with Crippen molar-refractivity contribution in [3.63, 3.8) is 0 Å². The molecule has 1 aromatic rings. The molecule has 0 radical (unpaired) electrons. The fraction of sp³-hybridized carbons (Fsp3) is 0.308. The zero-order valence-corrected chi connectivity index (χ0v) is 10.8. The Bertz CT molecular complexity index is 551. The minimum Gasteiger partial charge on any atom is -0.293 e. The Hall–Kier alpha value is -1.68. The Kier molecular flexibility index (Phi) is 3.22. The molecule has 0 saturated heterocycles. The van der Waals surface area contributed by atoms with Gasteiger partial charge in [0.05, 0.1) is 11.8 Å². The first-order valence-electron chi connectivity index (χ1n) is 5.54. The van der Waals surface area contributed by atoms with Crippen LogP contribution < -0.4 is 0 Å². The van der Waals surface area contributed by atoms with Gasteiger partial charge in [0.1, 0.15) is 0 Å². The van der Waals surface area contributed by atoms with E-state index in [1.807, 2.05) is 0 Å². The van der Waals surface area contributed by atoms with Crippen molar-refractivity contribution in [2.24, 2.45) is 0 Å². The van der Waals surface area contributed by atoms with Gasteiger partial charge in [0.2, 0.25) is 5.91 Å². The van der Waals surface area contributed by atoms with Crippen molar-refractivity contribution >= 4 is 29.2 Å². The Morgan fingerprint density at radius 1 is 1.39 bits per heavy atom. The molecule has 1 atom stereocenters. The monoisotopic (exact) mass is 265 g/mol. The number of hydrogen-bond donors (Lipinski definition) is 0. The predicted octanol–water partition coefficient (Wildman–Crippen LogP) is 1.65. The number of benzene rings is 1. The van der Waals surface area contributed by atoms with Crippen LogP contribution in [0.15, 0.2) is 18.2 Å². The van der Waals surface area contributed by atoms with Crippen molar-refractivity contribution in [3.05, 3.63) is 34.9 Å². The Morgan fingerprint density at radius 3 is 2.67 bits per heavy atom. The molecule has 1 aliphatic heterocycles. The third-order valence-corrected chi connectivity index (χ3v) is 3.20. The minimum absolute atomic E-state index is 0.183. The van der Waals surface area contributed by atoms with E-state index in [4.69, 9.17) is 11.6 Å². The highest BCUT2D eigenvalue weighted by Crippen LogP contribution is 2.21. The molecule has 0 N–H and O–H groups in total. The first-order chi connectivity index (χ1) is 8.41. The van der Waals surface area contributed by atoms with Gasteiger partial charge in [-0.05, 0) is 18.6 Å². The van der Waals surface area contributed by atoms with Crippen LogP contribution in [0.25, 0.3) is 0 Å². The molecule has 1 heterocycles. The number of ketones is 1. The van der Waals surface area contributed by atoms with Gasteiger partial charge in [-0.3, -0.25) is 19.3 Å². The summed E-state index contributed by atoms with van der Waals surface area (Å²) in [6.07, 6.45) is 0.183. The number of imide groups is 1. The number of hydrogen-bond acceptors (Lipinski definition) is 3. The summed E-state index contributed by atoms with van der Waals surface area (Å²) < 4.78 is 0. The highest BCUT2D eigenvalue weighted by Gasteiger charge is 2.28. The van der Waals surface area contributed by atoms with Gasteiger partial charge in [-0.1, -0.05) is 12.1 Å². The lowest BCUT2D eigenvalue weighted by atomic mass is 9.95. The molecule has 1 aromatic carbocycles. The first kappa shape index (κ1) is 12.8. The summed E-state index contributed by atoms with van der Waals surface area (Å²) in [5, 5.41) is -0.638. The largest absolute Gasteiger partial charge is 0.293 e. The van der Waals surface area contributed by atoms with Crippen LogP contribution >= 0.6 is 11.6 Å². The van der Waals surface area contributed by atoms with Crippen LogP contribution in [0, 0.1) is 0 Å². The predicted molar refractivity (Wildman–Crippen MR) is 66.9 cm³/mol. The number of carbonyl (C=O) groups is 3. The minimum atomic E-state index is -0.638. The molecule has 4 nitrogen and oxygen atoms in total. The van der Waals surface area contributed by atoms with Gasteiger partial charge in [-0.25, -0.2) is 0 Å². The van der Waals surface area contributed by atoms with Gasteiger partial charge in [-0.2, -0.15) is 0 Å². The van der Waals surface area contributed by atoms with Crippen LogP contribution in [-0.2, 0) is 11.2 Å². The van der Waals surface area contributed by atoms with Crippen LogP contribution in [0.2, 0.25) is 0 Å². The van der Waals surface area contributed by atoms with Crippen molar-refractivity contribution < 1.29 is 14.4 Å². The fourth-order valence-electron chi connectivity index (χ4n) is 1.89. The summed E-state index contributed by atoms with van der Waals surface area (Å²) in [4.78, 5) is 36.3. The highest BCUT2D eigenvalue weighted by molar-refractivity contribution is 6.33. The number of fused-ring (bicyclic) bond motifs is 1. The van der Waals surface area contributed by atoms with Crippen LogP contribution in [0.5, 0.6) is 0 Å². The van der Waals surface area contributed by atoms with Gasteiger partial charge in [0, 0.05) is 18.2 Å². The average Bonchev–Trinajstić information content (AvgIpc) is 2.35. The maximum Gasteiger partial charge on any atom is 0.260 e. The lowest BCUT2D eigenvalue weighted by Gasteiger charge is -2.23. The Balaban J connectivity index is 2.47. The molecule has 94 valence electrons. The quantitative estimate of drug-likeness (QED) is 0.464. The van der Waals surface area contributed by atoms with Crippen LogP contribution in [-0.4, -0.2) is 34.9 Å². The van der Waals surface area contributed by atoms with Crippen LogP contribution in [0.3, 0.4) is 0 Å². The third-order valence-electron chi connectivity index (χ3n) is 3.01. The fourth-order valence-corrected chi connectivity index (χ4v) is 2.01. The summed E-state index contributed by atoms with van der Waals surface area (Å²) in [7, 11) is 1.44. The second-order valence-corrected chi connectivity index (χ2v) is 4.94. The highest BCUT2D eigenvalue weighted by atomic mass is 35.5. The third kappa shape index (κ3) is 2.04. The lowest BCUT2D eigenvalue weighted by molar-refractivity contribution is -0.127. The molecule has 0 bridgehead atoms. The van der Waals surface area contributed by atoms with E-state index in [2.05, 4.69) is 0 Å². The summed E-state index contributed by atoms with van der Waals surface area (Å²) in [6, 6.07) is 4.76. The molecule has 1 unspecified atom stereocenters. The SMILES string of the molecule is CC(Cl)C(=O)c1ccc2c(c1)C(=O)N(C)C(=O)C2. The average molecular weight is 266 g/mol. The number of likely N-dealkylation sites (N-methyl/N-ethyl adjacent to an activating group) is 1. The molecule has 2 rings (SSSR count). The standard InChI is InChI=1S/C13H12ClNO3/c1-7(14)12(17)9-4-3-8-6-11(16)15(2)13(18)10(8)5-9/h3-5,7H,6H2,1-2H3. The number of nitrogens with zero attached hydrogens (tertiary/aromatic N) is 1. The van der Waals surface area contributed by atoms with Crippen LogP contribution in [0.1, 0.15) is 33.2 Å². The van der Waals surface area contributed by atoms with E-state index in [0.717, 1.165) is 4.90 Å². The van der Waals surface area contributed by atoms with Gasteiger partial charge in [0.25, 0.3) is 5.91 Å². The first-order valence-corrected chi connectivity index (χ1v) is 5.97. The molecule has 18 heavy (non-hydrogen) atoms. The molecule has 0 saturated carbocycles. The number of alkyl halides is 1. The van der Waals surface area contributed by atoms with Gasteiger partial charge >= 0.3 is 0 Å². The lowest BCUT2D eigenvalue weighted by Crippen LogP contribution is -2.39. The molecule has 0 fully saturated rings. The normalized spacial score (nSPS) is 16.5. The number of carbonyl (C=O) groups excluding carboxylic acids is 3. The zero-order valence-electron chi connectivity index (χ0n) is 10.1. The zero-order chi connectivity index (χ0) is 13.4. The maximum atomic E-state index is 11.9. The smallest absolute Gasteiger partial charge is 0.260 e. The molecule has 2 amide bonds. The van der Waals surface area contributed by atoms with Crippen molar-refractivity contribution in [1.29, 1.82) is 0 Å². The topological polar surface area (TPSA) is 54.5 Å². The molecular weight excluding hydrogens is 254 g/mol. The number of Topliss-reactive ketones (excluding diaryl/α,β-unsaturated/α-hetero) is 1. The van der Waals surface area contributed by atoms with E-state index in [0.29, 0.717) is 16.7 Å². The van der Waals surface area contributed by atoms with E-state index in [1.165, 1.54) is 13.1 Å². The van der Waals surface area contributed by atoms with Gasteiger partial charge < -0.3 is 0 Å². The van der Waals surface area contributed by atoms with Crippen molar-refractivity contribution in [1.82, 2.24) is 4.90 Å². The molecule has 1 aliphatic rings. The van der Waals surface area contributed by atoms with Crippen molar-refractivity contribution in [3.8, 4) is 0 Å². The number of amides is 2. The molecular formula is C13H12ClNO3.